The Morgan fingerprint density at radius 2 is 2.00 bits per heavy atom. The summed E-state index contributed by atoms with van der Waals surface area (Å²) in [4.78, 5) is 6.80. The molecule has 2 aromatic rings. The second-order valence-electron chi connectivity index (χ2n) is 4.82. The van der Waals surface area contributed by atoms with Crippen LogP contribution < -0.4 is 0 Å². The first-order chi connectivity index (χ1) is 9.58. The van der Waals surface area contributed by atoms with E-state index in [9.17, 15) is 4.39 Å². The average Bonchev–Trinajstić information content (AvgIpc) is 2.42. The van der Waals surface area contributed by atoms with E-state index in [2.05, 4.69) is 32.7 Å². The van der Waals surface area contributed by atoms with Crippen molar-refractivity contribution in [1.82, 2.24) is 9.88 Å². The lowest BCUT2D eigenvalue weighted by molar-refractivity contribution is 0.268. The molecule has 20 heavy (non-hydrogen) atoms. The maximum absolute atomic E-state index is 13.2. The molecule has 0 atom stereocenters. The van der Waals surface area contributed by atoms with Crippen LogP contribution in [0, 0.1) is 12.7 Å². The van der Waals surface area contributed by atoms with E-state index in [1.165, 1.54) is 6.07 Å². The van der Waals surface area contributed by atoms with Gasteiger partial charge in [0.05, 0.1) is 10.2 Å². The predicted molar refractivity (Wildman–Crippen MR) is 82.9 cm³/mol. The van der Waals surface area contributed by atoms with E-state index in [0.29, 0.717) is 4.47 Å². The van der Waals surface area contributed by atoms with Crippen LogP contribution in [-0.2, 0) is 13.1 Å². The predicted octanol–water partition coefficient (Wildman–Crippen LogP) is 4.31. The number of rotatable bonds is 5. The van der Waals surface area contributed by atoms with Crippen molar-refractivity contribution < 1.29 is 4.39 Å². The summed E-state index contributed by atoms with van der Waals surface area (Å²) in [5.41, 5.74) is 3.18. The minimum Gasteiger partial charge on any atom is -0.294 e. The van der Waals surface area contributed by atoms with Crippen molar-refractivity contribution in [3.8, 4) is 0 Å². The van der Waals surface area contributed by atoms with Gasteiger partial charge in [0.15, 0.2) is 0 Å². The molecule has 0 aliphatic carbocycles. The number of nitrogens with zero attached hydrogens (tertiary/aromatic N) is 2. The highest BCUT2D eigenvalue weighted by atomic mass is 79.9. The summed E-state index contributed by atoms with van der Waals surface area (Å²) in [7, 11) is 0. The highest BCUT2D eigenvalue weighted by Gasteiger charge is 2.08. The summed E-state index contributed by atoms with van der Waals surface area (Å²) >= 11 is 3.23. The van der Waals surface area contributed by atoms with Gasteiger partial charge >= 0.3 is 0 Å². The Kier molecular flexibility index (Phi) is 5.26. The SMILES string of the molecule is CCN(Cc1ccc(F)c(Br)c1)Cc1cccc(C)n1. The van der Waals surface area contributed by atoms with Crippen molar-refractivity contribution in [2.45, 2.75) is 26.9 Å². The number of benzene rings is 1. The van der Waals surface area contributed by atoms with Crippen molar-refractivity contribution in [2.24, 2.45) is 0 Å². The molecule has 1 heterocycles. The molecular weight excluding hydrogens is 319 g/mol. The van der Waals surface area contributed by atoms with Crippen LogP contribution in [0.2, 0.25) is 0 Å². The molecule has 0 radical (unpaired) electrons. The van der Waals surface area contributed by atoms with Gasteiger partial charge in [-0.3, -0.25) is 9.88 Å². The molecule has 0 aliphatic heterocycles. The number of hydrogen-bond acceptors (Lipinski definition) is 2. The fourth-order valence-electron chi connectivity index (χ4n) is 2.09. The number of hydrogen-bond donors (Lipinski definition) is 0. The standard InChI is InChI=1S/C16H18BrFN2/c1-3-20(11-14-6-4-5-12(2)19-14)10-13-7-8-16(18)15(17)9-13/h4-9H,3,10-11H2,1-2H3. The summed E-state index contributed by atoms with van der Waals surface area (Å²) in [6.07, 6.45) is 0. The fraction of sp³-hybridized carbons (Fsp3) is 0.312. The van der Waals surface area contributed by atoms with Gasteiger partial charge in [-0.05, 0) is 59.2 Å². The van der Waals surface area contributed by atoms with Gasteiger partial charge in [0.2, 0.25) is 0 Å². The molecule has 4 heteroatoms. The molecule has 1 aromatic carbocycles. The third-order valence-electron chi connectivity index (χ3n) is 3.17. The van der Waals surface area contributed by atoms with E-state index in [4.69, 9.17) is 0 Å². The van der Waals surface area contributed by atoms with Crippen molar-refractivity contribution >= 4 is 15.9 Å². The van der Waals surface area contributed by atoms with Crippen molar-refractivity contribution in [3.63, 3.8) is 0 Å². The minimum atomic E-state index is -0.225. The number of aromatic nitrogens is 1. The second kappa shape index (κ2) is 6.95. The van der Waals surface area contributed by atoms with Crippen LogP contribution in [0.5, 0.6) is 0 Å². The summed E-state index contributed by atoms with van der Waals surface area (Å²) < 4.78 is 13.8. The lowest BCUT2D eigenvalue weighted by Gasteiger charge is -2.20. The zero-order valence-electron chi connectivity index (χ0n) is 11.7. The number of aryl methyl sites for hydroxylation is 1. The van der Waals surface area contributed by atoms with E-state index in [0.717, 1.165) is 36.6 Å². The molecule has 0 saturated carbocycles. The summed E-state index contributed by atoms with van der Waals surface area (Å²) in [6.45, 7) is 6.62. The lowest BCUT2D eigenvalue weighted by atomic mass is 10.2. The number of pyridine rings is 1. The minimum absolute atomic E-state index is 0.225. The molecule has 0 unspecified atom stereocenters. The summed E-state index contributed by atoms with van der Waals surface area (Å²) in [5.74, 6) is -0.225. The van der Waals surface area contributed by atoms with Crippen LogP contribution in [0.3, 0.4) is 0 Å². The van der Waals surface area contributed by atoms with Gasteiger partial charge in [-0.15, -0.1) is 0 Å². The smallest absolute Gasteiger partial charge is 0.137 e. The van der Waals surface area contributed by atoms with Gasteiger partial charge in [-0.25, -0.2) is 4.39 Å². The molecule has 0 saturated heterocycles. The molecule has 0 amide bonds. The van der Waals surface area contributed by atoms with Gasteiger partial charge in [-0.1, -0.05) is 19.1 Å². The van der Waals surface area contributed by atoms with Crippen LogP contribution in [0.15, 0.2) is 40.9 Å². The van der Waals surface area contributed by atoms with Gasteiger partial charge in [-0.2, -0.15) is 0 Å². The van der Waals surface area contributed by atoms with E-state index >= 15 is 0 Å². The largest absolute Gasteiger partial charge is 0.294 e. The second-order valence-corrected chi connectivity index (χ2v) is 5.68. The third-order valence-corrected chi connectivity index (χ3v) is 3.78. The van der Waals surface area contributed by atoms with Gasteiger partial charge in [0.25, 0.3) is 0 Å². The quantitative estimate of drug-likeness (QED) is 0.808. The van der Waals surface area contributed by atoms with E-state index < -0.39 is 0 Å². The fourth-order valence-corrected chi connectivity index (χ4v) is 2.52. The molecule has 2 nitrogen and oxygen atoms in total. The molecule has 2 rings (SSSR count). The van der Waals surface area contributed by atoms with Crippen LogP contribution in [-0.4, -0.2) is 16.4 Å². The Morgan fingerprint density at radius 1 is 1.20 bits per heavy atom. The molecule has 1 aromatic heterocycles. The van der Waals surface area contributed by atoms with Gasteiger partial charge in [0.1, 0.15) is 5.82 Å². The first kappa shape index (κ1) is 15.1. The number of halogens is 2. The van der Waals surface area contributed by atoms with Gasteiger partial charge in [0, 0.05) is 18.8 Å². The monoisotopic (exact) mass is 336 g/mol. The molecule has 0 bridgehead atoms. The van der Waals surface area contributed by atoms with Crippen molar-refractivity contribution in [2.75, 3.05) is 6.54 Å². The Labute approximate surface area is 127 Å². The highest BCUT2D eigenvalue weighted by molar-refractivity contribution is 9.10. The molecule has 0 N–H and O–H groups in total. The third kappa shape index (κ3) is 4.12. The van der Waals surface area contributed by atoms with Crippen LogP contribution >= 0.6 is 15.9 Å². The molecule has 0 aliphatic rings. The van der Waals surface area contributed by atoms with Crippen molar-refractivity contribution in [3.05, 3.63) is 63.6 Å². The maximum atomic E-state index is 13.2. The molecule has 106 valence electrons. The average molecular weight is 337 g/mol. The first-order valence-electron chi connectivity index (χ1n) is 6.67. The zero-order chi connectivity index (χ0) is 14.5. The van der Waals surface area contributed by atoms with E-state index in [1.54, 1.807) is 0 Å². The highest BCUT2D eigenvalue weighted by Crippen LogP contribution is 2.18. The Bertz CT molecular complexity index is 586. The maximum Gasteiger partial charge on any atom is 0.137 e. The van der Waals surface area contributed by atoms with Crippen LogP contribution in [0.25, 0.3) is 0 Å². The van der Waals surface area contributed by atoms with E-state index in [1.807, 2.05) is 37.3 Å². The van der Waals surface area contributed by atoms with Crippen molar-refractivity contribution in [1.29, 1.82) is 0 Å². The Balaban J connectivity index is 2.07. The normalized spacial score (nSPS) is 11.1. The zero-order valence-corrected chi connectivity index (χ0v) is 13.3. The summed E-state index contributed by atoms with van der Waals surface area (Å²) in [5, 5.41) is 0. The van der Waals surface area contributed by atoms with Crippen LogP contribution in [0.4, 0.5) is 4.39 Å². The molecule has 0 spiro atoms. The topological polar surface area (TPSA) is 16.1 Å². The Hall–Kier alpha value is -1.26. The molecule has 0 fully saturated rings. The Morgan fingerprint density at radius 3 is 2.65 bits per heavy atom. The lowest BCUT2D eigenvalue weighted by Crippen LogP contribution is -2.23. The molecular formula is C16H18BrFN2. The van der Waals surface area contributed by atoms with Gasteiger partial charge < -0.3 is 0 Å². The van der Waals surface area contributed by atoms with E-state index in [-0.39, 0.29) is 5.82 Å². The first-order valence-corrected chi connectivity index (χ1v) is 7.46. The van der Waals surface area contributed by atoms with Crippen LogP contribution in [0.1, 0.15) is 23.9 Å². The summed E-state index contributed by atoms with van der Waals surface area (Å²) in [6, 6.07) is 11.2.